The van der Waals surface area contributed by atoms with Crippen molar-refractivity contribution >= 4 is 17.5 Å². The standard InChI is InChI=1S/C16H20N4O2/c1-4-7-14-12(19-16(22)15(21)17-3)10-18-20(14)13-9-6-5-8-11(13)2/h5-6,8-10H,4,7H2,1-3H3,(H,17,21)(H,19,22). The van der Waals surface area contributed by atoms with Gasteiger partial charge < -0.3 is 10.6 Å². The zero-order chi connectivity index (χ0) is 16.1. The SMILES string of the molecule is CCCc1c(NC(=O)C(=O)NC)cnn1-c1ccccc1C. The number of hydrogen-bond donors (Lipinski definition) is 2. The van der Waals surface area contributed by atoms with Crippen LogP contribution in [-0.2, 0) is 16.0 Å². The van der Waals surface area contributed by atoms with E-state index in [2.05, 4.69) is 22.7 Å². The average Bonchev–Trinajstić information content (AvgIpc) is 2.90. The van der Waals surface area contributed by atoms with Crippen molar-refractivity contribution in [3.8, 4) is 5.69 Å². The van der Waals surface area contributed by atoms with Gasteiger partial charge in [-0.2, -0.15) is 5.10 Å². The summed E-state index contributed by atoms with van der Waals surface area (Å²) in [6.45, 7) is 4.06. The van der Waals surface area contributed by atoms with Gasteiger partial charge in [-0.15, -0.1) is 0 Å². The second kappa shape index (κ2) is 6.89. The van der Waals surface area contributed by atoms with E-state index >= 15 is 0 Å². The van der Waals surface area contributed by atoms with Crippen LogP contribution in [0.15, 0.2) is 30.5 Å². The van der Waals surface area contributed by atoms with Gasteiger partial charge in [0, 0.05) is 7.05 Å². The summed E-state index contributed by atoms with van der Waals surface area (Å²) in [5, 5.41) is 9.30. The Morgan fingerprint density at radius 3 is 2.59 bits per heavy atom. The smallest absolute Gasteiger partial charge is 0.313 e. The van der Waals surface area contributed by atoms with E-state index in [9.17, 15) is 9.59 Å². The number of aromatic nitrogens is 2. The largest absolute Gasteiger partial charge is 0.351 e. The van der Waals surface area contributed by atoms with Crippen molar-refractivity contribution in [2.45, 2.75) is 26.7 Å². The molecule has 116 valence electrons. The maximum atomic E-state index is 11.8. The highest BCUT2D eigenvalue weighted by molar-refractivity contribution is 6.39. The van der Waals surface area contributed by atoms with Crippen LogP contribution in [0.3, 0.4) is 0 Å². The van der Waals surface area contributed by atoms with Gasteiger partial charge in [0.15, 0.2) is 0 Å². The minimum atomic E-state index is -0.691. The molecule has 2 amide bonds. The van der Waals surface area contributed by atoms with Crippen molar-refractivity contribution < 1.29 is 9.59 Å². The summed E-state index contributed by atoms with van der Waals surface area (Å²) in [6.07, 6.45) is 3.23. The fraction of sp³-hybridized carbons (Fsp3) is 0.312. The Morgan fingerprint density at radius 1 is 1.23 bits per heavy atom. The van der Waals surface area contributed by atoms with Crippen LogP contribution in [0.2, 0.25) is 0 Å². The van der Waals surface area contributed by atoms with E-state index in [0.717, 1.165) is 29.8 Å². The quantitative estimate of drug-likeness (QED) is 0.846. The molecule has 0 aliphatic rings. The van der Waals surface area contributed by atoms with E-state index in [4.69, 9.17) is 0 Å². The number of rotatable bonds is 4. The van der Waals surface area contributed by atoms with E-state index < -0.39 is 11.8 Å². The zero-order valence-electron chi connectivity index (χ0n) is 13.0. The third kappa shape index (κ3) is 3.16. The lowest BCUT2D eigenvalue weighted by Crippen LogP contribution is -2.32. The Hall–Kier alpha value is -2.63. The van der Waals surface area contributed by atoms with Gasteiger partial charge in [0.25, 0.3) is 0 Å². The first-order chi connectivity index (χ1) is 10.6. The van der Waals surface area contributed by atoms with Crippen molar-refractivity contribution in [3.63, 3.8) is 0 Å². The molecule has 0 unspecified atom stereocenters. The minimum Gasteiger partial charge on any atom is -0.351 e. The summed E-state index contributed by atoms with van der Waals surface area (Å²) in [7, 11) is 1.42. The van der Waals surface area contributed by atoms with E-state index in [-0.39, 0.29) is 0 Å². The molecule has 0 radical (unpaired) electrons. The Kier molecular flexibility index (Phi) is 4.93. The van der Waals surface area contributed by atoms with Gasteiger partial charge in [-0.3, -0.25) is 9.59 Å². The summed E-state index contributed by atoms with van der Waals surface area (Å²) in [6, 6.07) is 7.90. The number of anilines is 1. The van der Waals surface area contributed by atoms with Crippen LogP contribution in [0.1, 0.15) is 24.6 Å². The van der Waals surface area contributed by atoms with Gasteiger partial charge in [0.05, 0.1) is 23.3 Å². The predicted octanol–water partition coefficient (Wildman–Crippen LogP) is 1.82. The van der Waals surface area contributed by atoms with Gasteiger partial charge in [0.2, 0.25) is 0 Å². The summed E-state index contributed by atoms with van der Waals surface area (Å²) in [4.78, 5) is 23.1. The molecule has 1 aromatic carbocycles. The van der Waals surface area contributed by atoms with E-state index in [1.165, 1.54) is 7.05 Å². The topological polar surface area (TPSA) is 76.0 Å². The first-order valence-electron chi connectivity index (χ1n) is 7.24. The van der Waals surface area contributed by atoms with Crippen LogP contribution in [0.25, 0.3) is 5.69 Å². The Labute approximate surface area is 129 Å². The Morgan fingerprint density at radius 2 is 1.95 bits per heavy atom. The van der Waals surface area contributed by atoms with Crippen molar-refractivity contribution in [1.82, 2.24) is 15.1 Å². The second-order valence-corrected chi connectivity index (χ2v) is 4.99. The average molecular weight is 300 g/mol. The van der Waals surface area contributed by atoms with Gasteiger partial charge in [0.1, 0.15) is 0 Å². The highest BCUT2D eigenvalue weighted by atomic mass is 16.2. The van der Waals surface area contributed by atoms with Crippen LogP contribution in [-0.4, -0.2) is 28.6 Å². The molecule has 6 nitrogen and oxygen atoms in total. The number of amides is 2. The molecule has 0 spiro atoms. The number of carbonyl (C=O) groups excluding carboxylic acids is 2. The zero-order valence-corrected chi connectivity index (χ0v) is 13.0. The molecule has 1 heterocycles. The second-order valence-electron chi connectivity index (χ2n) is 4.99. The molecule has 1 aromatic heterocycles. The number of aryl methyl sites for hydroxylation is 1. The summed E-state index contributed by atoms with van der Waals surface area (Å²) in [5.41, 5.74) is 3.51. The van der Waals surface area contributed by atoms with Crippen molar-refractivity contribution in [1.29, 1.82) is 0 Å². The van der Waals surface area contributed by atoms with Crippen LogP contribution in [0.4, 0.5) is 5.69 Å². The number of nitrogens with one attached hydrogen (secondary N) is 2. The molecule has 2 aromatic rings. The van der Waals surface area contributed by atoms with E-state index in [1.54, 1.807) is 6.20 Å². The third-order valence-electron chi connectivity index (χ3n) is 3.38. The number of para-hydroxylation sites is 1. The fourth-order valence-electron chi connectivity index (χ4n) is 2.26. The fourth-order valence-corrected chi connectivity index (χ4v) is 2.26. The van der Waals surface area contributed by atoms with Crippen LogP contribution in [0.5, 0.6) is 0 Å². The summed E-state index contributed by atoms with van der Waals surface area (Å²) >= 11 is 0. The highest BCUT2D eigenvalue weighted by Crippen LogP contribution is 2.23. The molecule has 0 fully saturated rings. The monoisotopic (exact) mass is 300 g/mol. The molecule has 0 bridgehead atoms. The van der Waals surface area contributed by atoms with Crippen molar-refractivity contribution in [2.75, 3.05) is 12.4 Å². The van der Waals surface area contributed by atoms with Gasteiger partial charge in [-0.25, -0.2) is 4.68 Å². The van der Waals surface area contributed by atoms with E-state index in [1.807, 2.05) is 35.9 Å². The first-order valence-corrected chi connectivity index (χ1v) is 7.24. The molecule has 0 saturated heterocycles. The molecule has 0 aliphatic heterocycles. The minimum absolute atomic E-state index is 0.568. The molecule has 22 heavy (non-hydrogen) atoms. The number of carbonyl (C=O) groups is 2. The molecule has 0 saturated carbocycles. The van der Waals surface area contributed by atoms with Crippen LogP contribution in [0, 0.1) is 6.92 Å². The third-order valence-corrected chi connectivity index (χ3v) is 3.38. The summed E-state index contributed by atoms with van der Waals surface area (Å²) in [5.74, 6) is -1.37. The molecular formula is C16H20N4O2. The highest BCUT2D eigenvalue weighted by Gasteiger charge is 2.18. The van der Waals surface area contributed by atoms with Crippen LogP contribution >= 0.6 is 0 Å². The van der Waals surface area contributed by atoms with Crippen molar-refractivity contribution in [2.24, 2.45) is 0 Å². The molecule has 2 N–H and O–H groups in total. The van der Waals surface area contributed by atoms with Crippen molar-refractivity contribution in [3.05, 3.63) is 41.7 Å². The normalized spacial score (nSPS) is 10.3. The number of hydrogen-bond acceptors (Lipinski definition) is 3. The maximum Gasteiger partial charge on any atom is 0.313 e. The van der Waals surface area contributed by atoms with E-state index in [0.29, 0.717) is 5.69 Å². The van der Waals surface area contributed by atoms with Gasteiger partial charge in [-0.05, 0) is 25.0 Å². The Balaban J connectivity index is 2.40. The van der Waals surface area contributed by atoms with Gasteiger partial charge >= 0.3 is 11.8 Å². The lowest BCUT2D eigenvalue weighted by atomic mass is 10.1. The first kappa shape index (κ1) is 15.8. The molecule has 6 heteroatoms. The molecular weight excluding hydrogens is 280 g/mol. The lowest BCUT2D eigenvalue weighted by molar-refractivity contribution is -0.135. The van der Waals surface area contributed by atoms with Gasteiger partial charge in [-0.1, -0.05) is 31.5 Å². The molecule has 0 aliphatic carbocycles. The number of nitrogens with zero attached hydrogens (tertiary/aromatic N) is 2. The molecule has 2 rings (SSSR count). The lowest BCUT2D eigenvalue weighted by Gasteiger charge is -2.11. The maximum absolute atomic E-state index is 11.8. The Bertz CT molecular complexity index is 691. The molecule has 0 atom stereocenters. The number of benzene rings is 1. The number of likely N-dealkylation sites (N-methyl/N-ethyl adjacent to an activating group) is 1. The summed E-state index contributed by atoms with van der Waals surface area (Å²) < 4.78 is 1.82. The predicted molar refractivity (Wildman–Crippen MR) is 85.0 cm³/mol. The van der Waals surface area contributed by atoms with Crippen LogP contribution < -0.4 is 10.6 Å².